The minimum atomic E-state index is 0.682. The zero-order chi connectivity index (χ0) is 33.0. The molecular weight excluding hydrogens is 597 g/mol. The van der Waals surface area contributed by atoms with Crippen molar-refractivity contribution < 1.29 is 0 Å². The largest absolute Gasteiger partial charge is 0.243 e. The second kappa shape index (κ2) is 13.3. The lowest BCUT2D eigenvalue weighted by Crippen LogP contribution is -2.02. The third-order valence-electron chi connectivity index (χ3n) is 8.65. The fourth-order valence-electron chi connectivity index (χ4n) is 6.15. The van der Waals surface area contributed by atoms with Gasteiger partial charge in [-0.3, -0.25) is 0 Å². The van der Waals surface area contributed by atoms with Crippen LogP contribution >= 0.6 is 0 Å². The highest BCUT2D eigenvalue weighted by Gasteiger charge is 2.21. The first kappa shape index (κ1) is 29.9. The van der Waals surface area contributed by atoms with E-state index in [1.54, 1.807) is 0 Å². The summed E-state index contributed by atoms with van der Waals surface area (Å²) in [4.78, 5) is 21.0. The van der Waals surface area contributed by atoms with E-state index >= 15 is 0 Å². The molecule has 0 N–H and O–H groups in total. The third-order valence-corrected chi connectivity index (χ3v) is 8.65. The van der Waals surface area contributed by atoms with Gasteiger partial charge in [-0.05, 0) is 24.6 Å². The van der Waals surface area contributed by atoms with Crippen LogP contribution in [0.15, 0.2) is 176 Å². The average Bonchev–Trinajstić information content (AvgIpc) is 3.19. The van der Waals surface area contributed by atoms with Gasteiger partial charge in [0.25, 0.3) is 0 Å². The van der Waals surface area contributed by atoms with Gasteiger partial charge in [-0.15, -0.1) is 0 Å². The van der Waals surface area contributed by atoms with Crippen LogP contribution in [0.4, 0.5) is 0 Å². The molecule has 232 valence electrons. The van der Waals surface area contributed by atoms with Gasteiger partial charge >= 0.3 is 0 Å². The normalized spacial score (nSPS) is 11.0. The average molecular weight is 629 g/mol. The quantitative estimate of drug-likeness (QED) is 0.176. The molecule has 4 nitrogen and oxygen atoms in total. The highest BCUT2D eigenvalue weighted by atomic mass is 14.9. The summed E-state index contributed by atoms with van der Waals surface area (Å²) >= 11 is 0. The van der Waals surface area contributed by atoms with Crippen molar-refractivity contribution in [1.29, 1.82) is 0 Å². The molecule has 8 aromatic rings. The van der Waals surface area contributed by atoms with E-state index in [0.29, 0.717) is 5.82 Å². The van der Waals surface area contributed by atoms with Crippen molar-refractivity contribution in [1.82, 2.24) is 19.9 Å². The van der Waals surface area contributed by atoms with Gasteiger partial charge in [0.2, 0.25) is 0 Å². The summed E-state index contributed by atoms with van der Waals surface area (Å²) < 4.78 is 0. The maximum Gasteiger partial charge on any atom is 0.160 e. The topological polar surface area (TPSA) is 51.6 Å². The van der Waals surface area contributed by atoms with Crippen LogP contribution in [-0.4, -0.2) is 19.9 Å². The molecule has 2 heterocycles. The fourth-order valence-corrected chi connectivity index (χ4v) is 6.15. The number of rotatable bonds is 7. The summed E-state index contributed by atoms with van der Waals surface area (Å²) in [6.07, 6.45) is 0. The number of hydrogen-bond donors (Lipinski definition) is 0. The minimum Gasteiger partial charge on any atom is -0.243 e. The molecule has 0 atom stereocenters. The van der Waals surface area contributed by atoms with E-state index in [1.807, 2.05) is 84.9 Å². The Balaban J connectivity index is 1.35. The first-order chi connectivity index (χ1) is 24.2. The molecule has 0 amide bonds. The van der Waals surface area contributed by atoms with Crippen LogP contribution in [0.25, 0.3) is 78.9 Å². The highest BCUT2D eigenvalue weighted by molar-refractivity contribution is 5.88. The van der Waals surface area contributed by atoms with E-state index in [2.05, 4.69) is 97.9 Å². The number of aromatic nitrogens is 4. The monoisotopic (exact) mass is 628 g/mol. The van der Waals surface area contributed by atoms with Gasteiger partial charge in [0.05, 0.1) is 34.2 Å². The third kappa shape index (κ3) is 6.16. The predicted octanol–water partition coefficient (Wildman–Crippen LogP) is 11.2. The van der Waals surface area contributed by atoms with E-state index in [0.717, 1.165) is 78.7 Å². The molecule has 0 aliphatic rings. The molecular formula is C45H32N4. The van der Waals surface area contributed by atoms with Crippen LogP contribution in [0.1, 0.15) is 5.56 Å². The van der Waals surface area contributed by atoms with Crippen LogP contribution in [0, 0.1) is 6.92 Å². The van der Waals surface area contributed by atoms with Crippen molar-refractivity contribution in [2.24, 2.45) is 0 Å². The maximum absolute atomic E-state index is 5.48. The second-order valence-corrected chi connectivity index (χ2v) is 11.9. The molecule has 0 aliphatic heterocycles. The van der Waals surface area contributed by atoms with Crippen molar-refractivity contribution in [3.8, 4) is 78.9 Å². The van der Waals surface area contributed by atoms with Gasteiger partial charge in [0.15, 0.2) is 5.82 Å². The number of nitrogens with zero attached hydrogens (tertiary/aromatic N) is 4. The summed E-state index contributed by atoms with van der Waals surface area (Å²) in [5, 5.41) is 0. The minimum absolute atomic E-state index is 0.682. The summed E-state index contributed by atoms with van der Waals surface area (Å²) in [5.74, 6) is 0.682. The predicted molar refractivity (Wildman–Crippen MR) is 200 cm³/mol. The molecule has 0 aliphatic carbocycles. The Hall–Kier alpha value is -6.52. The summed E-state index contributed by atoms with van der Waals surface area (Å²) in [6, 6.07) is 60.0. The lowest BCUT2D eigenvalue weighted by atomic mass is 9.96. The molecule has 0 fully saturated rings. The molecule has 0 radical (unpaired) electrons. The smallest absolute Gasteiger partial charge is 0.160 e. The fraction of sp³-hybridized carbons (Fsp3) is 0.0222. The van der Waals surface area contributed by atoms with Gasteiger partial charge in [-0.25, -0.2) is 19.9 Å². The van der Waals surface area contributed by atoms with E-state index < -0.39 is 0 Å². The van der Waals surface area contributed by atoms with E-state index in [4.69, 9.17) is 19.9 Å². The number of aryl methyl sites for hydroxylation is 1. The summed E-state index contributed by atoms with van der Waals surface area (Å²) in [7, 11) is 0. The Bertz CT molecular complexity index is 2310. The zero-order valence-corrected chi connectivity index (χ0v) is 27.0. The van der Waals surface area contributed by atoms with E-state index in [-0.39, 0.29) is 0 Å². The lowest BCUT2D eigenvalue weighted by Gasteiger charge is -2.17. The second-order valence-electron chi connectivity index (χ2n) is 11.9. The Morgan fingerprint density at radius 2 is 0.735 bits per heavy atom. The summed E-state index contributed by atoms with van der Waals surface area (Å²) in [5.41, 5.74) is 13.2. The molecule has 6 aromatic carbocycles. The van der Waals surface area contributed by atoms with Crippen molar-refractivity contribution in [3.63, 3.8) is 0 Å². The van der Waals surface area contributed by atoms with Crippen molar-refractivity contribution in [2.45, 2.75) is 6.92 Å². The Kier molecular flexibility index (Phi) is 8.11. The van der Waals surface area contributed by atoms with Gasteiger partial charge in [0.1, 0.15) is 0 Å². The van der Waals surface area contributed by atoms with Gasteiger partial charge in [-0.2, -0.15) is 0 Å². The van der Waals surface area contributed by atoms with Gasteiger partial charge in [0, 0.05) is 38.9 Å². The lowest BCUT2D eigenvalue weighted by molar-refractivity contribution is 1.18. The molecule has 0 saturated carbocycles. The van der Waals surface area contributed by atoms with Crippen LogP contribution in [0.5, 0.6) is 0 Å². The standard InChI is InChI=1S/C45H32N4/c1-31-17-14-15-28-38(31)44-42(34-22-10-4-11-23-34)48-43(41(49-44)33-20-8-3-9-21-33)37-27-16-26-36(29-37)40-30-39(32-18-6-2-7-19-32)46-45(47-40)35-24-12-5-13-25-35/h2-30H,1H3. The van der Waals surface area contributed by atoms with Crippen LogP contribution in [0.2, 0.25) is 0 Å². The maximum atomic E-state index is 5.48. The molecule has 0 saturated heterocycles. The highest BCUT2D eigenvalue weighted by Crippen LogP contribution is 2.39. The molecule has 49 heavy (non-hydrogen) atoms. The molecule has 2 aromatic heterocycles. The Morgan fingerprint density at radius 1 is 0.306 bits per heavy atom. The molecule has 0 bridgehead atoms. The summed E-state index contributed by atoms with van der Waals surface area (Å²) in [6.45, 7) is 2.13. The first-order valence-corrected chi connectivity index (χ1v) is 16.4. The van der Waals surface area contributed by atoms with Crippen molar-refractivity contribution in [2.75, 3.05) is 0 Å². The van der Waals surface area contributed by atoms with Gasteiger partial charge < -0.3 is 0 Å². The number of hydrogen-bond acceptors (Lipinski definition) is 4. The molecule has 0 spiro atoms. The van der Waals surface area contributed by atoms with Crippen molar-refractivity contribution >= 4 is 0 Å². The Labute approximate surface area is 286 Å². The van der Waals surface area contributed by atoms with Crippen LogP contribution in [-0.2, 0) is 0 Å². The molecule has 8 rings (SSSR count). The van der Waals surface area contributed by atoms with Crippen LogP contribution < -0.4 is 0 Å². The Morgan fingerprint density at radius 3 is 1.35 bits per heavy atom. The molecule has 0 unspecified atom stereocenters. The SMILES string of the molecule is Cc1ccccc1-c1nc(-c2ccccc2)c(-c2cccc(-c3cc(-c4ccccc4)nc(-c4ccccc4)n3)c2)nc1-c1ccccc1. The van der Waals surface area contributed by atoms with Gasteiger partial charge in [-0.1, -0.05) is 164 Å². The number of benzene rings is 6. The van der Waals surface area contributed by atoms with Crippen LogP contribution in [0.3, 0.4) is 0 Å². The van der Waals surface area contributed by atoms with Crippen molar-refractivity contribution in [3.05, 3.63) is 181 Å². The molecule has 4 heteroatoms. The van der Waals surface area contributed by atoms with E-state index in [9.17, 15) is 0 Å². The van der Waals surface area contributed by atoms with E-state index in [1.165, 1.54) is 0 Å². The zero-order valence-electron chi connectivity index (χ0n) is 27.0. The first-order valence-electron chi connectivity index (χ1n) is 16.4.